The number of benzene rings is 1. The summed E-state index contributed by atoms with van der Waals surface area (Å²) in [5.74, 6) is 6.44. The Morgan fingerprint density at radius 2 is 1.71 bits per heavy atom. The summed E-state index contributed by atoms with van der Waals surface area (Å²) in [5, 5.41) is 0. The highest BCUT2D eigenvalue weighted by Crippen LogP contribution is 2.17. The summed E-state index contributed by atoms with van der Waals surface area (Å²) < 4.78 is 0. The Morgan fingerprint density at radius 1 is 1.12 bits per heavy atom. The maximum Gasteiger partial charge on any atom is 0.0253 e. The second kappa shape index (κ2) is 7.46. The van der Waals surface area contributed by atoms with Crippen molar-refractivity contribution in [3.8, 4) is 0 Å². The van der Waals surface area contributed by atoms with Crippen molar-refractivity contribution in [3.63, 3.8) is 0 Å². The van der Waals surface area contributed by atoms with E-state index in [-0.39, 0.29) is 0 Å². The van der Waals surface area contributed by atoms with E-state index in [2.05, 4.69) is 50.5 Å². The molecule has 0 amide bonds. The molecule has 3 N–H and O–H groups in total. The van der Waals surface area contributed by atoms with Gasteiger partial charge >= 0.3 is 0 Å². The van der Waals surface area contributed by atoms with Gasteiger partial charge in [-0.2, -0.15) is 0 Å². The van der Waals surface area contributed by atoms with Crippen LogP contribution in [-0.2, 0) is 6.42 Å². The van der Waals surface area contributed by atoms with Gasteiger partial charge in [-0.25, -0.2) is 0 Å². The highest BCUT2D eigenvalue weighted by Gasteiger charge is 2.13. The second-order valence-electron chi connectivity index (χ2n) is 4.97. The zero-order valence-corrected chi connectivity index (χ0v) is 11.4. The molecule has 0 saturated carbocycles. The van der Waals surface area contributed by atoms with E-state index in [1.54, 1.807) is 0 Å². The molecule has 1 unspecified atom stereocenters. The molecule has 0 aromatic heterocycles. The molecule has 0 fully saturated rings. The number of hydrazine groups is 1. The van der Waals surface area contributed by atoms with Gasteiger partial charge in [-0.3, -0.25) is 11.3 Å². The van der Waals surface area contributed by atoms with Gasteiger partial charge in [0.25, 0.3) is 0 Å². The lowest BCUT2D eigenvalue weighted by atomic mass is 9.92. The minimum absolute atomic E-state index is 0.391. The third kappa shape index (κ3) is 4.88. The predicted octanol–water partition coefficient (Wildman–Crippen LogP) is 3.20. The van der Waals surface area contributed by atoms with Gasteiger partial charge in [-0.1, -0.05) is 56.5 Å². The summed E-state index contributed by atoms with van der Waals surface area (Å²) in [6.07, 6.45) is 4.66. The fourth-order valence-electron chi connectivity index (χ4n) is 2.24. The average Bonchev–Trinajstić information content (AvgIpc) is 2.37. The highest BCUT2D eigenvalue weighted by molar-refractivity contribution is 5.22. The van der Waals surface area contributed by atoms with Crippen molar-refractivity contribution in [2.45, 2.75) is 52.5 Å². The van der Waals surface area contributed by atoms with Gasteiger partial charge in [0, 0.05) is 6.04 Å². The van der Waals surface area contributed by atoms with Gasteiger partial charge in [-0.05, 0) is 31.2 Å². The highest BCUT2D eigenvalue weighted by atomic mass is 15.2. The van der Waals surface area contributed by atoms with Crippen LogP contribution in [0.5, 0.6) is 0 Å². The van der Waals surface area contributed by atoms with Crippen LogP contribution in [0.4, 0.5) is 0 Å². The van der Waals surface area contributed by atoms with Gasteiger partial charge in [0.2, 0.25) is 0 Å². The van der Waals surface area contributed by atoms with E-state index in [4.69, 9.17) is 5.84 Å². The number of aryl methyl sites for hydroxylation is 1. The molecule has 0 aliphatic carbocycles. The maximum absolute atomic E-state index is 5.66. The Labute approximate surface area is 106 Å². The van der Waals surface area contributed by atoms with Crippen molar-refractivity contribution >= 4 is 0 Å². The summed E-state index contributed by atoms with van der Waals surface area (Å²) in [4.78, 5) is 0. The zero-order chi connectivity index (χ0) is 12.7. The zero-order valence-electron chi connectivity index (χ0n) is 11.4. The van der Waals surface area contributed by atoms with Crippen LogP contribution < -0.4 is 11.3 Å². The summed E-state index contributed by atoms with van der Waals surface area (Å²) in [6.45, 7) is 6.63. The molecule has 2 heteroatoms. The Bertz CT molecular complexity index is 301. The number of rotatable bonds is 7. The molecule has 96 valence electrons. The van der Waals surface area contributed by atoms with Crippen LogP contribution in [0.25, 0.3) is 0 Å². The summed E-state index contributed by atoms with van der Waals surface area (Å²) in [5.41, 5.74) is 5.64. The van der Waals surface area contributed by atoms with Gasteiger partial charge in [0.15, 0.2) is 0 Å². The first-order valence-electron chi connectivity index (χ1n) is 6.71. The number of hydrogen-bond donors (Lipinski definition) is 2. The molecule has 0 aliphatic rings. The molecule has 0 radical (unpaired) electrons. The summed E-state index contributed by atoms with van der Waals surface area (Å²) >= 11 is 0. The summed E-state index contributed by atoms with van der Waals surface area (Å²) in [7, 11) is 0. The molecular formula is C15H26N2. The van der Waals surface area contributed by atoms with Crippen LogP contribution in [0.3, 0.4) is 0 Å². The van der Waals surface area contributed by atoms with Gasteiger partial charge in [-0.15, -0.1) is 0 Å². The van der Waals surface area contributed by atoms with Crippen LogP contribution >= 0.6 is 0 Å². The Kier molecular flexibility index (Phi) is 6.23. The maximum atomic E-state index is 5.66. The fourth-order valence-corrected chi connectivity index (χ4v) is 2.24. The van der Waals surface area contributed by atoms with E-state index in [9.17, 15) is 0 Å². The first-order chi connectivity index (χ1) is 8.19. The Balaban J connectivity index is 2.54. The third-order valence-electron chi connectivity index (χ3n) is 3.61. The second-order valence-corrected chi connectivity index (χ2v) is 4.97. The van der Waals surface area contributed by atoms with Gasteiger partial charge in [0.05, 0.1) is 0 Å². The normalized spacial score (nSPS) is 13.0. The standard InChI is InChI=1S/C15H26N2/c1-4-13(5-2)10-15(17-16)11-14-8-6-12(3)7-9-14/h6-9,13,15,17H,4-5,10-11,16H2,1-3H3. The number of nitrogens with two attached hydrogens (primary N) is 1. The lowest BCUT2D eigenvalue weighted by Gasteiger charge is -2.21. The van der Waals surface area contributed by atoms with Crippen molar-refractivity contribution in [3.05, 3.63) is 35.4 Å². The molecule has 0 bridgehead atoms. The van der Waals surface area contributed by atoms with Crippen LogP contribution in [0, 0.1) is 12.8 Å². The topological polar surface area (TPSA) is 38.0 Å². The largest absolute Gasteiger partial charge is 0.271 e. The van der Waals surface area contributed by atoms with E-state index < -0.39 is 0 Å². The van der Waals surface area contributed by atoms with Crippen LogP contribution in [0.15, 0.2) is 24.3 Å². The van der Waals surface area contributed by atoms with Crippen molar-refractivity contribution in [2.75, 3.05) is 0 Å². The predicted molar refractivity (Wildman–Crippen MR) is 74.7 cm³/mol. The Morgan fingerprint density at radius 3 is 2.18 bits per heavy atom. The van der Waals surface area contributed by atoms with Crippen molar-refractivity contribution in [1.29, 1.82) is 0 Å². The SMILES string of the molecule is CCC(CC)CC(Cc1ccc(C)cc1)NN. The molecule has 0 heterocycles. The monoisotopic (exact) mass is 234 g/mol. The van der Waals surface area contributed by atoms with E-state index >= 15 is 0 Å². The van der Waals surface area contributed by atoms with Crippen molar-refractivity contribution < 1.29 is 0 Å². The molecule has 1 rings (SSSR count). The lowest BCUT2D eigenvalue weighted by Crippen LogP contribution is -2.38. The van der Waals surface area contributed by atoms with Crippen LogP contribution in [-0.4, -0.2) is 6.04 Å². The molecular weight excluding hydrogens is 208 g/mol. The third-order valence-corrected chi connectivity index (χ3v) is 3.61. The first kappa shape index (κ1) is 14.2. The summed E-state index contributed by atoms with van der Waals surface area (Å²) in [6, 6.07) is 9.13. The number of hydrogen-bond acceptors (Lipinski definition) is 2. The molecule has 0 saturated heterocycles. The smallest absolute Gasteiger partial charge is 0.0253 e. The quantitative estimate of drug-likeness (QED) is 0.561. The molecule has 1 aromatic rings. The van der Waals surface area contributed by atoms with Gasteiger partial charge < -0.3 is 0 Å². The van der Waals surface area contributed by atoms with Crippen LogP contribution in [0.2, 0.25) is 0 Å². The molecule has 0 aliphatic heterocycles. The number of nitrogens with one attached hydrogen (secondary N) is 1. The molecule has 0 spiro atoms. The van der Waals surface area contributed by atoms with Crippen molar-refractivity contribution in [1.82, 2.24) is 5.43 Å². The van der Waals surface area contributed by atoms with Crippen molar-refractivity contribution in [2.24, 2.45) is 11.8 Å². The minimum atomic E-state index is 0.391. The molecule has 2 nitrogen and oxygen atoms in total. The molecule has 17 heavy (non-hydrogen) atoms. The van der Waals surface area contributed by atoms with E-state index in [1.165, 1.54) is 24.0 Å². The molecule has 1 atom stereocenters. The minimum Gasteiger partial charge on any atom is -0.271 e. The van der Waals surface area contributed by atoms with Gasteiger partial charge in [0.1, 0.15) is 0 Å². The Hall–Kier alpha value is -0.860. The van der Waals surface area contributed by atoms with E-state index in [0.717, 1.165) is 18.8 Å². The first-order valence-corrected chi connectivity index (χ1v) is 6.71. The van der Waals surface area contributed by atoms with Crippen LogP contribution in [0.1, 0.15) is 44.2 Å². The lowest BCUT2D eigenvalue weighted by molar-refractivity contribution is 0.366. The molecule has 1 aromatic carbocycles. The average molecular weight is 234 g/mol. The van der Waals surface area contributed by atoms with E-state index in [1.807, 2.05) is 0 Å². The van der Waals surface area contributed by atoms with E-state index in [0.29, 0.717) is 6.04 Å². The fraction of sp³-hybridized carbons (Fsp3) is 0.600.